The molecule has 21 heavy (non-hydrogen) atoms. The van der Waals surface area contributed by atoms with E-state index in [1.165, 1.54) is 24.8 Å². The molecule has 1 saturated carbocycles. The molecule has 3 nitrogen and oxygen atoms in total. The maximum atomic E-state index is 12.3. The van der Waals surface area contributed by atoms with E-state index in [0.29, 0.717) is 12.2 Å². The molecule has 1 aromatic rings. The van der Waals surface area contributed by atoms with Crippen LogP contribution in [-0.2, 0) is 9.53 Å². The topological polar surface area (TPSA) is 43.4 Å². The van der Waals surface area contributed by atoms with Crippen molar-refractivity contribution < 1.29 is 14.3 Å². The summed E-state index contributed by atoms with van der Waals surface area (Å²) in [7, 11) is 0. The molecule has 0 amide bonds. The average Bonchev–Trinajstić information content (AvgIpc) is 2.49. The Morgan fingerprint density at radius 3 is 2.57 bits per heavy atom. The van der Waals surface area contributed by atoms with E-state index < -0.39 is 5.97 Å². The Morgan fingerprint density at radius 2 is 1.86 bits per heavy atom. The number of rotatable bonds is 5. The fraction of sp³-hybridized carbons (Fsp3) is 0.444. The lowest BCUT2D eigenvalue weighted by Gasteiger charge is -2.14. The van der Waals surface area contributed by atoms with Crippen LogP contribution in [0.4, 0.5) is 0 Å². The standard InChI is InChI=1S/C18H22O3/c1-2-21-18(20)13-17(19)16-11-7-6-10-15(16)12-14-8-4-3-5-9-14/h6-7,10-12H,2-5,8-9,13H2,1H3. The Kier molecular flexibility index (Phi) is 5.73. The molecule has 1 aliphatic rings. The second-order valence-electron chi connectivity index (χ2n) is 5.36. The maximum absolute atomic E-state index is 12.3. The molecule has 0 radical (unpaired) electrons. The summed E-state index contributed by atoms with van der Waals surface area (Å²) in [6, 6.07) is 7.49. The Hall–Kier alpha value is -1.90. The van der Waals surface area contributed by atoms with Crippen molar-refractivity contribution in [3.05, 3.63) is 41.0 Å². The normalized spacial score (nSPS) is 14.6. The lowest BCUT2D eigenvalue weighted by Crippen LogP contribution is -2.12. The van der Waals surface area contributed by atoms with E-state index in [2.05, 4.69) is 6.08 Å². The van der Waals surface area contributed by atoms with Crippen molar-refractivity contribution in [2.24, 2.45) is 0 Å². The van der Waals surface area contributed by atoms with Crippen LogP contribution in [-0.4, -0.2) is 18.4 Å². The van der Waals surface area contributed by atoms with Gasteiger partial charge >= 0.3 is 5.97 Å². The van der Waals surface area contributed by atoms with E-state index in [1.54, 1.807) is 13.0 Å². The molecule has 112 valence electrons. The molecule has 0 N–H and O–H groups in total. The van der Waals surface area contributed by atoms with Crippen LogP contribution < -0.4 is 0 Å². The first-order chi connectivity index (χ1) is 10.2. The van der Waals surface area contributed by atoms with Gasteiger partial charge in [0.05, 0.1) is 6.61 Å². The lowest BCUT2D eigenvalue weighted by atomic mass is 9.91. The maximum Gasteiger partial charge on any atom is 0.313 e. The van der Waals surface area contributed by atoms with Gasteiger partial charge in [0.25, 0.3) is 0 Å². The highest BCUT2D eigenvalue weighted by Crippen LogP contribution is 2.26. The summed E-state index contributed by atoms with van der Waals surface area (Å²) < 4.78 is 4.85. The van der Waals surface area contributed by atoms with Gasteiger partial charge in [-0.15, -0.1) is 0 Å². The van der Waals surface area contributed by atoms with Crippen molar-refractivity contribution in [2.75, 3.05) is 6.61 Å². The van der Waals surface area contributed by atoms with Crippen LogP contribution >= 0.6 is 0 Å². The van der Waals surface area contributed by atoms with Crippen LogP contribution in [0.15, 0.2) is 29.8 Å². The summed E-state index contributed by atoms with van der Waals surface area (Å²) in [5.74, 6) is -0.626. The minimum Gasteiger partial charge on any atom is -0.466 e. The number of carbonyl (C=O) groups excluding carboxylic acids is 2. The van der Waals surface area contributed by atoms with Crippen molar-refractivity contribution in [1.82, 2.24) is 0 Å². The van der Waals surface area contributed by atoms with Gasteiger partial charge in [0.15, 0.2) is 5.78 Å². The van der Waals surface area contributed by atoms with Crippen LogP contribution in [0, 0.1) is 0 Å². The van der Waals surface area contributed by atoms with Crippen LogP contribution in [0.5, 0.6) is 0 Å². The number of ketones is 1. The first-order valence-corrected chi connectivity index (χ1v) is 7.68. The van der Waals surface area contributed by atoms with E-state index in [-0.39, 0.29) is 12.2 Å². The molecule has 0 aromatic heterocycles. The molecule has 3 heteroatoms. The number of ether oxygens (including phenoxy) is 1. The van der Waals surface area contributed by atoms with Crippen molar-refractivity contribution in [1.29, 1.82) is 0 Å². The number of carbonyl (C=O) groups is 2. The Balaban J connectivity index is 2.16. The second kappa shape index (κ2) is 7.77. The van der Waals surface area contributed by atoms with Gasteiger partial charge in [-0.3, -0.25) is 9.59 Å². The molecule has 0 saturated heterocycles. The molecular formula is C18H22O3. The summed E-state index contributed by atoms with van der Waals surface area (Å²) in [6.07, 6.45) is 7.91. The average molecular weight is 286 g/mol. The fourth-order valence-corrected chi connectivity index (χ4v) is 2.69. The highest BCUT2D eigenvalue weighted by atomic mass is 16.5. The van der Waals surface area contributed by atoms with Gasteiger partial charge < -0.3 is 4.74 Å². The van der Waals surface area contributed by atoms with E-state index >= 15 is 0 Å². The van der Waals surface area contributed by atoms with Gasteiger partial charge in [-0.05, 0) is 38.2 Å². The van der Waals surface area contributed by atoms with Crippen LogP contribution in [0.25, 0.3) is 6.08 Å². The van der Waals surface area contributed by atoms with Gasteiger partial charge in [-0.1, -0.05) is 42.3 Å². The highest BCUT2D eigenvalue weighted by Gasteiger charge is 2.15. The number of hydrogen-bond acceptors (Lipinski definition) is 3. The van der Waals surface area contributed by atoms with E-state index in [9.17, 15) is 9.59 Å². The molecular weight excluding hydrogens is 264 g/mol. The van der Waals surface area contributed by atoms with Crippen LogP contribution in [0.3, 0.4) is 0 Å². The Bertz CT molecular complexity index is 535. The van der Waals surface area contributed by atoms with Crippen molar-refractivity contribution >= 4 is 17.8 Å². The Labute approximate surface area is 126 Å². The highest BCUT2D eigenvalue weighted by molar-refractivity contribution is 6.07. The largest absolute Gasteiger partial charge is 0.466 e. The van der Waals surface area contributed by atoms with Gasteiger partial charge in [-0.2, -0.15) is 0 Å². The van der Waals surface area contributed by atoms with Gasteiger partial charge in [0.2, 0.25) is 0 Å². The lowest BCUT2D eigenvalue weighted by molar-refractivity contribution is -0.141. The zero-order valence-electron chi connectivity index (χ0n) is 12.6. The van der Waals surface area contributed by atoms with E-state index in [1.807, 2.05) is 18.2 Å². The minimum absolute atomic E-state index is 0.170. The zero-order valence-corrected chi connectivity index (χ0v) is 12.6. The molecule has 1 aliphatic carbocycles. The predicted molar refractivity (Wildman–Crippen MR) is 83.1 cm³/mol. The van der Waals surface area contributed by atoms with Gasteiger partial charge in [0.1, 0.15) is 6.42 Å². The summed E-state index contributed by atoms with van der Waals surface area (Å²) in [6.45, 7) is 2.04. The van der Waals surface area contributed by atoms with Crippen molar-refractivity contribution in [2.45, 2.75) is 45.4 Å². The molecule has 2 rings (SSSR count). The quantitative estimate of drug-likeness (QED) is 0.463. The number of allylic oxidation sites excluding steroid dienone is 1. The molecule has 1 aromatic carbocycles. The van der Waals surface area contributed by atoms with Crippen LogP contribution in [0.2, 0.25) is 0 Å². The number of Topliss-reactive ketones (excluding diaryl/α,β-unsaturated/α-hetero) is 1. The second-order valence-corrected chi connectivity index (χ2v) is 5.36. The van der Waals surface area contributed by atoms with Gasteiger partial charge in [-0.25, -0.2) is 0 Å². The third-order valence-corrected chi connectivity index (χ3v) is 3.73. The predicted octanol–water partition coefficient (Wildman–Crippen LogP) is 4.17. The molecule has 1 fully saturated rings. The zero-order chi connectivity index (χ0) is 15.1. The first-order valence-electron chi connectivity index (χ1n) is 7.68. The fourth-order valence-electron chi connectivity index (χ4n) is 2.69. The molecule has 0 unspecified atom stereocenters. The van der Waals surface area contributed by atoms with Crippen LogP contribution in [0.1, 0.15) is 61.4 Å². The summed E-state index contributed by atoms with van der Waals surface area (Å²) in [5.41, 5.74) is 2.94. The van der Waals surface area contributed by atoms with E-state index in [0.717, 1.165) is 18.4 Å². The van der Waals surface area contributed by atoms with E-state index in [4.69, 9.17) is 4.74 Å². The first kappa shape index (κ1) is 15.5. The van der Waals surface area contributed by atoms with Crippen molar-refractivity contribution in [3.8, 4) is 0 Å². The smallest absolute Gasteiger partial charge is 0.313 e. The third-order valence-electron chi connectivity index (χ3n) is 3.73. The SMILES string of the molecule is CCOC(=O)CC(=O)c1ccccc1C=C1CCCCC1. The summed E-state index contributed by atoms with van der Waals surface area (Å²) in [5, 5.41) is 0. The molecule has 0 atom stereocenters. The molecule has 0 heterocycles. The van der Waals surface area contributed by atoms with Crippen molar-refractivity contribution in [3.63, 3.8) is 0 Å². The number of benzene rings is 1. The number of esters is 1. The Morgan fingerprint density at radius 1 is 1.14 bits per heavy atom. The molecule has 0 aliphatic heterocycles. The summed E-state index contributed by atoms with van der Waals surface area (Å²) in [4.78, 5) is 23.7. The monoisotopic (exact) mass is 286 g/mol. The minimum atomic E-state index is -0.456. The summed E-state index contributed by atoms with van der Waals surface area (Å²) >= 11 is 0. The molecule has 0 bridgehead atoms. The van der Waals surface area contributed by atoms with Gasteiger partial charge in [0, 0.05) is 5.56 Å². The molecule has 0 spiro atoms. The third kappa shape index (κ3) is 4.55. The number of hydrogen-bond donors (Lipinski definition) is 0.